The van der Waals surface area contributed by atoms with Crippen LogP contribution in [0.15, 0.2) is 67.3 Å². The lowest BCUT2D eigenvalue weighted by Crippen LogP contribution is -2.25. The molecule has 12 heteroatoms. The molecule has 10 nitrogen and oxygen atoms in total. The van der Waals surface area contributed by atoms with Crippen molar-refractivity contribution < 1.29 is 23.0 Å². The standard InChI is InChI=1S/C39H41F2N7O3/c1-5-50-34(49)14-11-24-9-8-10-25(17-24)39(4)16-7-6-15-38(2,3)33-22-48(47-46-33)21-28-35-31(43-23-44-35)19-30(41)36(28)51-26-12-13-29(40)27(18-26)37-42-20-32(39)45-37/h8-10,12-13,17-20,22-23H,5-7,11,14-16,21H2,1-4H3,(H,42,45)(H,43,44). The average molecular weight is 694 g/mol. The van der Waals surface area contributed by atoms with E-state index >= 15 is 8.78 Å². The predicted molar refractivity (Wildman–Crippen MR) is 189 cm³/mol. The lowest BCUT2D eigenvalue weighted by atomic mass is 9.74. The SMILES string of the molecule is CCOC(=O)CCc1cccc(C2(C)CCCCC(C)(C)c3cn(nn3)Cc3c(c(F)cc4[nH]cnc34)Oc3ccc(F)c(c3)-c3ncc2[nH]3)c1. The number of rotatable bonds is 5. The van der Waals surface area contributed by atoms with Crippen molar-refractivity contribution in [2.24, 2.45) is 0 Å². The molecule has 0 spiro atoms. The molecule has 1 aliphatic heterocycles. The van der Waals surface area contributed by atoms with E-state index < -0.39 is 17.0 Å². The zero-order valence-corrected chi connectivity index (χ0v) is 29.2. The Balaban J connectivity index is 1.31. The second-order valence-corrected chi connectivity index (χ2v) is 14.1. The van der Waals surface area contributed by atoms with Crippen LogP contribution in [-0.4, -0.2) is 47.5 Å². The van der Waals surface area contributed by atoms with Crippen molar-refractivity contribution in [2.75, 3.05) is 6.61 Å². The number of carbonyl (C=O) groups is 1. The molecule has 1 aliphatic rings. The Hall–Kier alpha value is -5.39. The molecule has 264 valence electrons. The zero-order chi connectivity index (χ0) is 35.8. The van der Waals surface area contributed by atoms with E-state index in [0.29, 0.717) is 41.9 Å². The summed E-state index contributed by atoms with van der Waals surface area (Å²) in [6.45, 7) is 8.78. The summed E-state index contributed by atoms with van der Waals surface area (Å²) in [4.78, 5) is 27.6. The summed E-state index contributed by atoms with van der Waals surface area (Å²) in [5.41, 5.74) is 4.64. The van der Waals surface area contributed by atoms with Gasteiger partial charge < -0.3 is 19.4 Å². The van der Waals surface area contributed by atoms with Gasteiger partial charge in [-0.3, -0.25) is 4.79 Å². The second-order valence-electron chi connectivity index (χ2n) is 14.1. The number of carbonyl (C=O) groups excluding carboxylic acids is 1. The van der Waals surface area contributed by atoms with E-state index in [9.17, 15) is 4.79 Å². The molecule has 6 aromatic rings. The van der Waals surface area contributed by atoms with Crippen LogP contribution in [0.25, 0.3) is 22.4 Å². The fraction of sp³-hybridized carbons (Fsp3) is 0.359. The van der Waals surface area contributed by atoms with Crippen LogP contribution >= 0.6 is 0 Å². The van der Waals surface area contributed by atoms with Gasteiger partial charge in [-0.2, -0.15) is 0 Å². The highest BCUT2D eigenvalue weighted by molar-refractivity contribution is 5.81. The Labute approximate surface area is 294 Å². The van der Waals surface area contributed by atoms with Gasteiger partial charge in [0.15, 0.2) is 11.6 Å². The molecule has 2 N–H and O–H groups in total. The molecule has 7 rings (SSSR count). The van der Waals surface area contributed by atoms with Crippen LogP contribution in [0.5, 0.6) is 11.5 Å². The topological polar surface area (TPSA) is 124 Å². The molecule has 1 atom stereocenters. The van der Waals surface area contributed by atoms with E-state index in [1.807, 2.05) is 18.3 Å². The highest BCUT2D eigenvalue weighted by Crippen LogP contribution is 2.40. The van der Waals surface area contributed by atoms with Crippen molar-refractivity contribution in [3.8, 4) is 22.9 Å². The number of nitrogens with one attached hydrogen (secondary N) is 2. The third-order valence-corrected chi connectivity index (χ3v) is 10.1. The number of aromatic nitrogens is 7. The largest absolute Gasteiger partial charge is 0.466 e. The maximum atomic E-state index is 15.8. The van der Waals surface area contributed by atoms with Crippen LogP contribution < -0.4 is 4.74 Å². The third kappa shape index (κ3) is 6.87. The van der Waals surface area contributed by atoms with Gasteiger partial charge in [-0.05, 0) is 62.4 Å². The molecule has 0 saturated carbocycles. The number of H-pyrrole nitrogens is 2. The number of hydrogen-bond acceptors (Lipinski definition) is 7. The Morgan fingerprint density at radius 3 is 2.73 bits per heavy atom. The first-order chi connectivity index (χ1) is 24.5. The first kappa shape index (κ1) is 34.1. The van der Waals surface area contributed by atoms with Crippen LogP contribution in [0, 0.1) is 11.6 Å². The summed E-state index contributed by atoms with van der Waals surface area (Å²) in [6.07, 6.45) is 9.44. The molecule has 51 heavy (non-hydrogen) atoms. The van der Waals surface area contributed by atoms with Gasteiger partial charge in [0.2, 0.25) is 0 Å². The van der Waals surface area contributed by atoms with Crippen molar-refractivity contribution in [1.82, 2.24) is 34.9 Å². The third-order valence-electron chi connectivity index (χ3n) is 10.1. The van der Waals surface area contributed by atoms with Crippen molar-refractivity contribution in [3.05, 3.63) is 107 Å². The number of ether oxygens (including phenoxy) is 2. The molecule has 6 bridgehead atoms. The van der Waals surface area contributed by atoms with Crippen molar-refractivity contribution in [3.63, 3.8) is 0 Å². The molecule has 1 unspecified atom stereocenters. The molecule has 0 amide bonds. The predicted octanol–water partition coefficient (Wildman–Crippen LogP) is 8.32. The van der Waals surface area contributed by atoms with E-state index in [1.54, 1.807) is 17.8 Å². The summed E-state index contributed by atoms with van der Waals surface area (Å²) in [5, 5.41) is 8.95. The zero-order valence-electron chi connectivity index (χ0n) is 29.2. The minimum absolute atomic E-state index is 0.0306. The molecule has 0 radical (unpaired) electrons. The smallest absolute Gasteiger partial charge is 0.306 e. The number of aryl methyl sites for hydroxylation is 1. The number of hydrogen-bond donors (Lipinski definition) is 2. The summed E-state index contributed by atoms with van der Waals surface area (Å²) < 4.78 is 44.3. The number of aromatic amines is 2. The fourth-order valence-electron chi connectivity index (χ4n) is 6.97. The Kier molecular flexibility index (Phi) is 9.17. The summed E-state index contributed by atoms with van der Waals surface area (Å²) in [5.74, 6) is -0.796. The van der Waals surface area contributed by atoms with E-state index in [2.05, 4.69) is 63.2 Å². The minimum Gasteiger partial charge on any atom is -0.466 e. The first-order valence-corrected chi connectivity index (χ1v) is 17.4. The quantitative estimate of drug-likeness (QED) is 0.174. The lowest BCUT2D eigenvalue weighted by molar-refractivity contribution is -0.143. The van der Waals surface area contributed by atoms with E-state index in [1.165, 1.54) is 30.6 Å². The molecule has 0 fully saturated rings. The van der Waals surface area contributed by atoms with Crippen molar-refractivity contribution >= 4 is 17.0 Å². The maximum Gasteiger partial charge on any atom is 0.306 e. The van der Waals surface area contributed by atoms with Gasteiger partial charge in [-0.15, -0.1) is 5.10 Å². The number of benzene rings is 3. The first-order valence-electron chi connectivity index (χ1n) is 17.4. The van der Waals surface area contributed by atoms with Gasteiger partial charge in [-0.25, -0.2) is 23.4 Å². The molecular weight excluding hydrogens is 652 g/mol. The monoisotopic (exact) mass is 693 g/mol. The number of fused-ring (bicyclic) bond motifs is 10. The number of halogens is 2. The van der Waals surface area contributed by atoms with Gasteiger partial charge in [0.25, 0.3) is 0 Å². The molecule has 4 heterocycles. The molecule has 3 aromatic heterocycles. The Morgan fingerprint density at radius 2 is 1.88 bits per heavy atom. The minimum atomic E-state index is -0.597. The number of esters is 1. The normalized spacial score (nSPS) is 17.5. The molecule has 3 aromatic carbocycles. The highest BCUT2D eigenvalue weighted by atomic mass is 19.1. The van der Waals surface area contributed by atoms with Crippen molar-refractivity contribution in [1.29, 1.82) is 0 Å². The molecular formula is C39H41F2N7O3. The van der Waals surface area contributed by atoms with Gasteiger partial charge in [0.05, 0.1) is 41.8 Å². The second kappa shape index (κ2) is 13.7. The number of nitrogens with zero attached hydrogens (tertiary/aromatic N) is 5. The maximum absolute atomic E-state index is 15.8. The van der Waals surface area contributed by atoms with Crippen LogP contribution in [0.4, 0.5) is 8.78 Å². The summed E-state index contributed by atoms with van der Waals surface area (Å²) >= 11 is 0. The van der Waals surface area contributed by atoms with E-state index in [-0.39, 0.29) is 35.0 Å². The summed E-state index contributed by atoms with van der Waals surface area (Å²) in [7, 11) is 0. The molecule has 0 saturated heterocycles. The van der Waals surface area contributed by atoms with Crippen LogP contribution in [-0.2, 0) is 33.3 Å². The summed E-state index contributed by atoms with van der Waals surface area (Å²) in [6, 6.07) is 13.9. The van der Waals surface area contributed by atoms with E-state index in [0.717, 1.165) is 48.2 Å². The van der Waals surface area contributed by atoms with E-state index in [4.69, 9.17) is 9.47 Å². The van der Waals surface area contributed by atoms with Gasteiger partial charge in [0.1, 0.15) is 17.4 Å². The van der Waals surface area contributed by atoms with Gasteiger partial charge in [0, 0.05) is 47.0 Å². The van der Waals surface area contributed by atoms with Gasteiger partial charge in [-0.1, -0.05) is 56.2 Å². The van der Waals surface area contributed by atoms with Gasteiger partial charge >= 0.3 is 5.97 Å². The highest BCUT2D eigenvalue weighted by Gasteiger charge is 2.33. The Morgan fingerprint density at radius 1 is 1.04 bits per heavy atom. The lowest BCUT2D eigenvalue weighted by Gasteiger charge is -2.30. The number of imidazole rings is 2. The van der Waals surface area contributed by atoms with Crippen LogP contribution in [0.2, 0.25) is 0 Å². The van der Waals surface area contributed by atoms with Crippen molar-refractivity contribution in [2.45, 2.75) is 83.6 Å². The van der Waals surface area contributed by atoms with Crippen LogP contribution in [0.1, 0.15) is 87.9 Å². The van der Waals surface area contributed by atoms with Crippen LogP contribution in [0.3, 0.4) is 0 Å². The Bertz CT molecular complexity index is 2200. The molecule has 0 aliphatic carbocycles. The average Bonchev–Trinajstić information content (AvgIpc) is 3.90. The fourth-order valence-corrected chi connectivity index (χ4v) is 6.97.